The van der Waals surface area contributed by atoms with Gasteiger partial charge in [-0.15, -0.1) is 0 Å². The number of aromatic nitrogens is 14. The number of benzene rings is 22. The van der Waals surface area contributed by atoms with Crippen molar-refractivity contribution in [3.63, 3.8) is 0 Å². The van der Waals surface area contributed by atoms with Gasteiger partial charge in [-0.3, -0.25) is 9.13 Å². The minimum Gasteiger partial charge on any atom is -0.309 e. The van der Waals surface area contributed by atoms with E-state index in [-0.39, 0.29) is 0 Å². The molecule has 14 heteroatoms. The van der Waals surface area contributed by atoms with E-state index >= 15 is 0 Å². The van der Waals surface area contributed by atoms with Crippen LogP contribution in [0.4, 0.5) is 0 Å². The molecule has 0 N–H and O–H groups in total. The zero-order valence-electron chi connectivity index (χ0n) is 79.4. The normalized spacial score (nSPS) is 12.2. The van der Waals surface area contributed by atoms with Gasteiger partial charge in [0.05, 0.1) is 88.3 Å². The zero-order chi connectivity index (χ0) is 96.6. The standard InChI is InChI=1S/C134H80N14/c1-4-33-83(34-5-1)129-135-130(138-133(137-129)147-123-73-64-91(145-118-59-26-18-49-99(118)104-68-66-102-97-47-16-24-57-116(97)143(125(102)127(104)145)87-39-6-2-7-40-87)79-111(123)112-80-92(65-74-124(112)147)146-119-60-27-19-50-100(119)105-69-67-103-98-48-17-25-58-117(98)144(126(103)128(105)146)88-41-8-3-9-42-88)86-38-28-37-84(75-86)85-61-70-120-108(76-85)101-51-20-23-56-115(101)142(120)90-63-72-122-110(78-90)109-77-89(141-113-54-21-14-45-95(113)96-46-15-22-55-114(96)141)62-71-121(109)148(122)134-139-131(106-52-29-35-81-31-10-12-43-93(81)106)136-132(140-134)107-53-30-36-82-32-11-13-44-94(82)107/h1-80H. The molecule has 0 spiro atoms. The second-order valence-electron chi connectivity index (χ2n) is 38.8. The van der Waals surface area contributed by atoms with Crippen LogP contribution in [0.5, 0.6) is 0 Å². The molecule has 14 nitrogen and oxygen atoms in total. The first-order valence-corrected chi connectivity index (χ1v) is 50.3. The molecular formula is C134H80N14. The van der Waals surface area contributed by atoms with Crippen LogP contribution in [0.3, 0.4) is 0 Å². The summed E-state index contributed by atoms with van der Waals surface area (Å²) in [6.07, 6.45) is 0. The van der Waals surface area contributed by atoms with E-state index in [9.17, 15) is 0 Å². The Hall–Kier alpha value is -20.2. The first kappa shape index (κ1) is 81.5. The fourth-order valence-electron chi connectivity index (χ4n) is 24.5. The Morgan fingerprint density at radius 3 is 0.770 bits per heavy atom. The van der Waals surface area contributed by atoms with E-state index in [1.807, 2.05) is 6.07 Å². The summed E-state index contributed by atoms with van der Waals surface area (Å²) in [5.74, 6) is 3.23. The predicted molar refractivity (Wildman–Crippen MR) is 610 cm³/mol. The predicted octanol–water partition coefficient (Wildman–Crippen LogP) is 33.5. The molecule has 32 aromatic rings. The van der Waals surface area contributed by atoms with Crippen LogP contribution < -0.4 is 0 Å². The van der Waals surface area contributed by atoms with Gasteiger partial charge in [0.1, 0.15) is 0 Å². The van der Waals surface area contributed by atoms with Crippen molar-refractivity contribution in [2.24, 2.45) is 0 Å². The van der Waals surface area contributed by atoms with Gasteiger partial charge in [0, 0.05) is 143 Å². The van der Waals surface area contributed by atoms with Crippen molar-refractivity contribution < 1.29 is 0 Å². The quantitative estimate of drug-likeness (QED) is 0.113. The van der Waals surface area contributed by atoms with E-state index in [1.165, 1.54) is 53.9 Å². The molecule has 0 unspecified atom stereocenters. The molecule has 0 radical (unpaired) electrons. The maximum Gasteiger partial charge on any atom is 0.238 e. The molecular weight excluding hydrogens is 1810 g/mol. The van der Waals surface area contributed by atoms with Crippen molar-refractivity contribution in [1.29, 1.82) is 0 Å². The molecule has 148 heavy (non-hydrogen) atoms. The van der Waals surface area contributed by atoms with E-state index in [1.54, 1.807) is 0 Å². The molecule has 32 rings (SSSR count). The van der Waals surface area contributed by atoms with E-state index in [0.717, 1.165) is 210 Å². The molecule has 0 saturated carbocycles. The Kier molecular flexibility index (Phi) is 17.4. The molecule has 0 aliphatic carbocycles. The van der Waals surface area contributed by atoms with Gasteiger partial charge in [-0.25, -0.2) is 9.97 Å². The van der Waals surface area contributed by atoms with Crippen molar-refractivity contribution in [3.05, 3.63) is 485 Å². The largest absolute Gasteiger partial charge is 0.309 e. The molecule has 0 saturated heterocycles. The van der Waals surface area contributed by atoms with Crippen molar-refractivity contribution in [1.82, 2.24) is 66.4 Å². The maximum absolute atomic E-state index is 5.79. The van der Waals surface area contributed by atoms with Gasteiger partial charge in [-0.2, -0.15) is 19.9 Å². The third-order valence-corrected chi connectivity index (χ3v) is 30.9. The summed E-state index contributed by atoms with van der Waals surface area (Å²) in [6, 6.07) is 176. The number of para-hydroxylation sites is 9. The van der Waals surface area contributed by atoms with Crippen LogP contribution in [-0.4, -0.2) is 66.4 Å². The van der Waals surface area contributed by atoms with Crippen molar-refractivity contribution in [2.75, 3.05) is 0 Å². The second-order valence-corrected chi connectivity index (χ2v) is 38.8. The molecule has 10 aromatic heterocycles. The summed E-state index contributed by atoms with van der Waals surface area (Å²) >= 11 is 0. The highest BCUT2D eigenvalue weighted by molar-refractivity contribution is 6.27. The van der Waals surface area contributed by atoms with Crippen LogP contribution in [0.1, 0.15) is 0 Å². The van der Waals surface area contributed by atoms with Crippen molar-refractivity contribution >= 4 is 196 Å². The van der Waals surface area contributed by atoms with Gasteiger partial charge in [-0.05, 0) is 190 Å². The average Bonchev–Trinajstić information content (AvgIpc) is 1.54. The maximum atomic E-state index is 5.79. The first-order valence-electron chi connectivity index (χ1n) is 50.3. The smallest absolute Gasteiger partial charge is 0.238 e. The Morgan fingerprint density at radius 2 is 0.372 bits per heavy atom. The monoisotopic (exact) mass is 1880 g/mol. The highest BCUT2D eigenvalue weighted by Gasteiger charge is 2.30. The minimum atomic E-state index is 0.481. The van der Waals surface area contributed by atoms with Crippen LogP contribution in [0.15, 0.2) is 485 Å². The second kappa shape index (κ2) is 31.6. The van der Waals surface area contributed by atoms with Crippen molar-refractivity contribution in [2.45, 2.75) is 0 Å². The van der Waals surface area contributed by atoms with Gasteiger partial charge in [0.25, 0.3) is 0 Å². The topological polar surface area (TPSA) is 117 Å². The fraction of sp³-hybridized carbons (Fsp3) is 0. The van der Waals surface area contributed by atoms with Gasteiger partial charge in [0.2, 0.25) is 11.9 Å². The number of fused-ring (bicyclic) bond motifs is 28. The Labute approximate surface area is 844 Å². The van der Waals surface area contributed by atoms with E-state index in [2.05, 4.69) is 516 Å². The van der Waals surface area contributed by atoms with Crippen molar-refractivity contribution in [3.8, 4) is 103 Å². The molecule has 0 atom stereocenters. The summed E-state index contributed by atoms with van der Waals surface area (Å²) in [6.45, 7) is 0. The van der Waals surface area contributed by atoms with Gasteiger partial charge in [-0.1, -0.05) is 328 Å². The molecule has 0 bridgehead atoms. The van der Waals surface area contributed by atoms with E-state index in [4.69, 9.17) is 29.9 Å². The first-order chi connectivity index (χ1) is 73.4. The molecule has 0 fully saturated rings. The molecule has 0 aliphatic heterocycles. The van der Waals surface area contributed by atoms with Gasteiger partial charge < -0.3 is 27.4 Å². The van der Waals surface area contributed by atoms with Crippen LogP contribution in [0.25, 0.3) is 299 Å². The number of nitrogens with zero attached hydrogens (tertiary/aromatic N) is 14. The summed E-state index contributed by atoms with van der Waals surface area (Å²) < 4.78 is 19.3. The average molecular weight is 1890 g/mol. The van der Waals surface area contributed by atoms with Crippen LogP contribution >= 0.6 is 0 Å². The van der Waals surface area contributed by atoms with Crippen LogP contribution in [0, 0.1) is 0 Å². The number of rotatable bonds is 13. The molecule has 22 aromatic carbocycles. The molecule has 0 aliphatic rings. The number of hydrogen-bond acceptors (Lipinski definition) is 6. The summed E-state index contributed by atoms with van der Waals surface area (Å²) in [5, 5.41) is 22.5. The molecule has 0 amide bonds. The fourth-order valence-corrected chi connectivity index (χ4v) is 24.5. The lowest BCUT2D eigenvalue weighted by Crippen LogP contribution is -2.07. The highest BCUT2D eigenvalue weighted by atomic mass is 15.2. The Balaban J connectivity index is 0.580. The lowest BCUT2D eigenvalue weighted by Gasteiger charge is -2.14. The molecule has 686 valence electrons. The third kappa shape index (κ3) is 12.0. The lowest BCUT2D eigenvalue weighted by molar-refractivity contribution is 0.953. The van der Waals surface area contributed by atoms with Gasteiger partial charge in [0.15, 0.2) is 23.3 Å². The third-order valence-electron chi connectivity index (χ3n) is 30.9. The lowest BCUT2D eigenvalue weighted by atomic mass is 10.0. The summed E-state index contributed by atoms with van der Waals surface area (Å²) in [7, 11) is 0. The number of hydrogen-bond donors (Lipinski definition) is 0. The zero-order valence-corrected chi connectivity index (χ0v) is 79.4. The van der Waals surface area contributed by atoms with E-state index < -0.39 is 0 Å². The van der Waals surface area contributed by atoms with E-state index in [0.29, 0.717) is 35.2 Å². The summed E-state index contributed by atoms with van der Waals surface area (Å²) in [5.41, 5.74) is 29.0. The SMILES string of the molecule is c1ccc(-c2nc(-c3cccc(-c4ccc5c(c4)c4ccccc4n5-c4ccc5c(c4)c4cc(-n6c7ccccc7c7ccccc76)ccc4n5-c4nc(-c5cccc6ccccc56)nc(-c5cccc6ccccc56)n4)c3)nc(-n3c4ccc(-n5c6ccccc6c6ccc7c8ccccc8n(-c8ccccc8)c7c65)cc4c4cc(-n5c6ccccc6c6ccc7c8ccccc8n(-c8ccccc8)c7c65)ccc43)n2)cc1. The van der Waals surface area contributed by atoms with Gasteiger partial charge >= 0.3 is 0 Å². The summed E-state index contributed by atoms with van der Waals surface area (Å²) in [4.78, 5) is 33.7. The van der Waals surface area contributed by atoms with Crippen LogP contribution in [0.2, 0.25) is 0 Å². The molecule has 10 heterocycles. The highest BCUT2D eigenvalue weighted by Crippen LogP contribution is 2.50. The Morgan fingerprint density at radius 1 is 0.122 bits per heavy atom. The minimum absolute atomic E-state index is 0.481. The Bertz CT molecular complexity index is 10900. The van der Waals surface area contributed by atoms with Crippen LogP contribution in [-0.2, 0) is 0 Å².